The van der Waals surface area contributed by atoms with Gasteiger partial charge in [0.05, 0.1) is 12.8 Å². The zero-order chi connectivity index (χ0) is 16.6. The van der Waals surface area contributed by atoms with Gasteiger partial charge >= 0.3 is 11.6 Å². The highest BCUT2D eigenvalue weighted by Gasteiger charge is 2.38. The van der Waals surface area contributed by atoms with Crippen molar-refractivity contribution in [3.05, 3.63) is 40.0 Å². The Morgan fingerprint density at radius 2 is 2.04 bits per heavy atom. The molecule has 4 atom stereocenters. The number of rotatable bonds is 2. The summed E-state index contributed by atoms with van der Waals surface area (Å²) in [4.78, 5) is 23.9. The van der Waals surface area contributed by atoms with Crippen molar-refractivity contribution in [2.45, 2.75) is 38.5 Å². The maximum absolute atomic E-state index is 12.2. The number of hydrogen-bond acceptors (Lipinski definition) is 5. The first-order chi connectivity index (χ1) is 11.0. The predicted molar refractivity (Wildman–Crippen MR) is 87.2 cm³/mol. The minimum Gasteiger partial charge on any atom is -0.465 e. The summed E-state index contributed by atoms with van der Waals surface area (Å²) in [6, 6.07) is 1.64. The highest BCUT2D eigenvalue weighted by molar-refractivity contribution is 5.94. The van der Waals surface area contributed by atoms with Crippen molar-refractivity contribution in [1.82, 2.24) is 0 Å². The molecule has 3 rings (SSSR count). The van der Waals surface area contributed by atoms with Gasteiger partial charge in [0.1, 0.15) is 5.76 Å². The smallest absolute Gasteiger partial charge is 0.352 e. The minimum absolute atomic E-state index is 0.131. The number of anilines is 1. The summed E-state index contributed by atoms with van der Waals surface area (Å²) in [5, 5.41) is 0. The molecule has 0 aliphatic heterocycles. The number of carbonyl (C=O) groups excluding carboxylic acids is 1. The third-order valence-electron chi connectivity index (χ3n) is 5.28. The largest absolute Gasteiger partial charge is 0.465 e. The van der Waals surface area contributed by atoms with Crippen LogP contribution in [0.4, 0.5) is 5.69 Å². The van der Waals surface area contributed by atoms with Gasteiger partial charge in [-0.25, -0.2) is 9.59 Å². The van der Waals surface area contributed by atoms with Crippen LogP contribution in [0, 0.1) is 17.8 Å². The van der Waals surface area contributed by atoms with Crippen LogP contribution in [-0.2, 0) is 4.74 Å². The molecule has 2 N–H and O–H groups in total. The van der Waals surface area contributed by atoms with Gasteiger partial charge in [-0.3, -0.25) is 0 Å². The number of ether oxygens (including phenoxy) is 1. The van der Waals surface area contributed by atoms with Crippen molar-refractivity contribution < 1.29 is 13.9 Å². The van der Waals surface area contributed by atoms with E-state index in [0.29, 0.717) is 17.6 Å². The fraction of sp³-hybridized carbons (Fsp3) is 0.556. The minimum atomic E-state index is -0.755. The molecule has 0 spiro atoms. The molecule has 23 heavy (non-hydrogen) atoms. The summed E-state index contributed by atoms with van der Waals surface area (Å²) in [5.74, 6) is 1.25. The fourth-order valence-corrected chi connectivity index (χ4v) is 4.17. The summed E-state index contributed by atoms with van der Waals surface area (Å²) in [7, 11) is 1.22. The summed E-state index contributed by atoms with van der Waals surface area (Å²) < 4.78 is 10.1. The first kappa shape index (κ1) is 15.8. The normalized spacial score (nSPS) is 29.8. The lowest BCUT2D eigenvalue weighted by atomic mass is 9.64. The molecule has 0 saturated heterocycles. The maximum Gasteiger partial charge on any atom is 0.352 e. The van der Waals surface area contributed by atoms with Crippen molar-refractivity contribution in [2.24, 2.45) is 17.8 Å². The number of methoxy groups -OCH3 is 1. The monoisotopic (exact) mass is 317 g/mol. The topological polar surface area (TPSA) is 82.5 Å². The van der Waals surface area contributed by atoms with E-state index in [0.717, 1.165) is 6.42 Å². The second kappa shape index (κ2) is 6.22. The average molecular weight is 317 g/mol. The Kier molecular flexibility index (Phi) is 4.28. The number of esters is 1. The lowest BCUT2D eigenvalue weighted by Gasteiger charge is -2.40. The van der Waals surface area contributed by atoms with Gasteiger partial charge in [0.25, 0.3) is 0 Å². The fourth-order valence-electron chi connectivity index (χ4n) is 4.17. The molecule has 5 nitrogen and oxygen atoms in total. The molecule has 0 aromatic carbocycles. The summed E-state index contributed by atoms with van der Waals surface area (Å²) >= 11 is 0. The van der Waals surface area contributed by atoms with E-state index in [-0.39, 0.29) is 23.1 Å². The average Bonchev–Trinajstić information content (AvgIpc) is 2.53. The van der Waals surface area contributed by atoms with Gasteiger partial charge < -0.3 is 14.9 Å². The second-order valence-corrected chi connectivity index (χ2v) is 6.64. The van der Waals surface area contributed by atoms with E-state index in [2.05, 4.69) is 23.8 Å². The molecular formula is C18H23NO4. The van der Waals surface area contributed by atoms with Gasteiger partial charge in [-0.05, 0) is 30.6 Å². The van der Waals surface area contributed by atoms with Crippen molar-refractivity contribution >= 4 is 11.7 Å². The van der Waals surface area contributed by atoms with Crippen LogP contribution in [0.5, 0.6) is 0 Å². The van der Waals surface area contributed by atoms with Gasteiger partial charge in [-0.2, -0.15) is 0 Å². The zero-order valence-electron chi connectivity index (χ0n) is 13.6. The summed E-state index contributed by atoms with van der Waals surface area (Å²) in [6.45, 7) is 2.14. The van der Waals surface area contributed by atoms with E-state index < -0.39 is 11.6 Å². The van der Waals surface area contributed by atoms with Gasteiger partial charge in [0.15, 0.2) is 5.56 Å². The molecule has 0 radical (unpaired) electrons. The van der Waals surface area contributed by atoms with E-state index in [1.165, 1.54) is 26.4 Å². The standard InChI is InChI=1S/C18H23NO4/c1-10-7-8-11-5-3-4-6-12(11)15(10)14-9-13(19)16(17(20)22-2)18(21)23-14/h7-12,15H,3-6,19H2,1-2H3/t10-,11+,12+,15+/m0/s1. The highest BCUT2D eigenvalue weighted by Crippen LogP contribution is 2.47. The van der Waals surface area contributed by atoms with Crippen molar-refractivity contribution in [3.63, 3.8) is 0 Å². The first-order valence-corrected chi connectivity index (χ1v) is 8.23. The van der Waals surface area contributed by atoms with Gasteiger partial charge in [-0.1, -0.05) is 31.9 Å². The third kappa shape index (κ3) is 2.80. The quantitative estimate of drug-likeness (QED) is 0.669. The first-order valence-electron chi connectivity index (χ1n) is 8.23. The molecule has 5 heteroatoms. The van der Waals surface area contributed by atoms with E-state index >= 15 is 0 Å². The molecule has 2 aliphatic carbocycles. The lowest BCUT2D eigenvalue weighted by molar-refractivity contribution is 0.0596. The lowest BCUT2D eigenvalue weighted by Crippen LogP contribution is -2.32. The number of nitrogens with two attached hydrogens (primary N) is 1. The van der Waals surface area contributed by atoms with Crippen LogP contribution in [0.15, 0.2) is 27.4 Å². The molecule has 1 fully saturated rings. The Labute approximate surface area is 135 Å². The van der Waals surface area contributed by atoms with Crippen LogP contribution in [0.2, 0.25) is 0 Å². The Morgan fingerprint density at radius 1 is 1.30 bits per heavy atom. The van der Waals surface area contributed by atoms with Gasteiger partial charge in [-0.15, -0.1) is 0 Å². The van der Waals surface area contributed by atoms with Crippen LogP contribution in [0.3, 0.4) is 0 Å². The molecule has 1 heterocycles. The molecule has 2 aliphatic rings. The van der Waals surface area contributed by atoms with Crippen LogP contribution in [0.1, 0.15) is 54.6 Å². The second-order valence-electron chi connectivity index (χ2n) is 6.64. The molecule has 1 saturated carbocycles. The number of hydrogen-bond donors (Lipinski definition) is 1. The third-order valence-corrected chi connectivity index (χ3v) is 5.28. The molecule has 124 valence electrons. The highest BCUT2D eigenvalue weighted by atomic mass is 16.5. The SMILES string of the molecule is COC(=O)c1c(N)cc([C@H]2[C@@H]3CCCC[C@@H]3C=C[C@@H]2C)oc1=O. The van der Waals surface area contributed by atoms with Gasteiger partial charge in [0.2, 0.25) is 0 Å². The van der Waals surface area contributed by atoms with E-state index in [9.17, 15) is 9.59 Å². The summed E-state index contributed by atoms with van der Waals surface area (Å²) in [5.41, 5.74) is 5.16. The number of fused-ring (bicyclic) bond motifs is 1. The van der Waals surface area contributed by atoms with Crippen LogP contribution in [0.25, 0.3) is 0 Å². The van der Waals surface area contributed by atoms with Crippen LogP contribution in [-0.4, -0.2) is 13.1 Å². The Hall–Kier alpha value is -2.04. The Morgan fingerprint density at radius 3 is 2.74 bits per heavy atom. The van der Waals surface area contributed by atoms with Crippen molar-refractivity contribution in [3.8, 4) is 0 Å². The molecule has 0 unspecified atom stereocenters. The summed E-state index contributed by atoms with van der Waals surface area (Å²) in [6.07, 6.45) is 9.30. The Balaban J connectivity index is 2.02. The Bertz CT molecular complexity index is 691. The van der Waals surface area contributed by atoms with E-state index in [1.807, 2.05) is 0 Å². The number of carbonyl (C=O) groups is 1. The molecule has 0 amide bonds. The van der Waals surface area contributed by atoms with Gasteiger partial charge in [0, 0.05) is 12.0 Å². The zero-order valence-corrected chi connectivity index (χ0v) is 13.6. The molecule has 1 aromatic rings. The van der Waals surface area contributed by atoms with Crippen LogP contribution >= 0.6 is 0 Å². The molecular weight excluding hydrogens is 294 g/mol. The van der Waals surface area contributed by atoms with Crippen molar-refractivity contribution in [1.29, 1.82) is 0 Å². The molecule has 0 bridgehead atoms. The number of allylic oxidation sites excluding steroid dienone is 2. The van der Waals surface area contributed by atoms with Crippen LogP contribution < -0.4 is 11.4 Å². The van der Waals surface area contributed by atoms with Crippen molar-refractivity contribution in [2.75, 3.05) is 12.8 Å². The van der Waals surface area contributed by atoms with E-state index in [1.54, 1.807) is 6.07 Å². The molecule has 1 aromatic heterocycles. The maximum atomic E-state index is 12.2. The predicted octanol–water partition coefficient (Wildman–Crippen LogP) is 3.10. The number of nitrogen functional groups attached to an aromatic ring is 1. The van der Waals surface area contributed by atoms with E-state index in [4.69, 9.17) is 10.2 Å².